The van der Waals surface area contributed by atoms with E-state index in [2.05, 4.69) is 75.9 Å². The molecule has 1 aromatic rings. The van der Waals surface area contributed by atoms with Crippen LogP contribution in [0, 0.1) is 12.8 Å². The van der Waals surface area contributed by atoms with Gasteiger partial charge >= 0.3 is 0 Å². The minimum absolute atomic E-state index is 0.260. The summed E-state index contributed by atoms with van der Waals surface area (Å²) in [4.78, 5) is 18.0. The van der Waals surface area contributed by atoms with Crippen molar-refractivity contribution < 1.29 is 0 Å². The molecule has 7 heteroatoms. The van der Waals surface area contributed by atoms with Crippen LogP contribution in [0.15, 0.2) is 21.4 Å². The summed E-state index contributed by atoms with van der Waals surface area (Å²) in [5.74, 6) is 3.00. The van der Waals surface area contributed by atoms with E-state index in [4.69, 9.17) is 9.97 Å². The number of anilines is 1. The number of aryl methyl sites for hydroxylation is 1. The molecule has 29 heavy (non-hydrogen) atoms. The van der Waals surface area contributed by atoms with Crippen molar-refractivity contribution >= 4 is 18.4 Å². The first kappa shape index (κ1) is 24.6. The van der Waals surface area contributed by atoms with E-state index < -0.39 is 0 Å². The van der Waals surface area contributed by atoms with Crippen molar-refractivity contribution in [2.24, 2.45) is 15.9 Å². The highest BCUT2D eigenvalue weighted by atomic mass is 15.5. The zero-order valence-corrected chi connectivity index (χ0v) is 19.9. The van der Waals surface area contributed by atoms with Gasteiger partial charge in [0.15, 0.2) is 11.7 Å². The fourth-order valence-electron chi connectivity index (χ4n) is 3.37. The van der Waals surface area contributed by atoms with Gasteiger partial charge in [0.25, 0.3) is 0 Å². The van der Waals surface area contributed by atoms with Crippen molar-refractivity contribution in [2.45, 2.75) is 67.2 Å². The Labute approximate surface area is 176 Å². The predicted octanol–water partition coefficient (Wildman–Crippen LogP) is 4.50. The molecule has 0 unspecified atom stereocenters. The average Bonchev–Trinajstić information content (AvgIpc) is 2.63. The first-order valence-corrected chi connectivity index (χ1v) is 10.4. The molecule has 162 valence electrons. The number of nitrogens with zero attached hydrogens (tertiary/aromatic N) is 5. The van der Waals surface area contributed by atoms with E-state index >= 15 is 0 Å². The normalized spacial score (nSPS) is 13.1. The van der Waals surface area contributed by atoms with Gasteiger partial charge < -0.3 is 5.32 Å². The third kappa shape index (κ3) is 6.02. The molecule has 1 aromatic heterocycles. The second kappa shape index (κ2) is 10.9. The Morgan fingerprint density at radius 2 is 1.72 bits per heavy atom. The molecule has 0 aliphatic rings. The van der Waals surface area contributed by atoms with Gasteiger partial charge in [-0.15, -0.1) is 0 Å². The number of allylic oxidation sites excluding steroid dienone is 1. The molecule has 0 spiro atoms. The van der Waals surface area contributed by atoms with Gasteiger partial charge in [-0.25, -0.2) is 15.0 Å². The molecule has 0 aliphatic carbocycles. The molecule has 0 atom stereocenters. The quantitative estimate of drug-likeness (QED) is 0.362. The summed E-state index contributed by atoms with van der Waals surface area (Å²) in [6, 6.07) is 0. The Bertz CT molecular complexity index is 761. The van der Waals surface area contributed by atoms with Crippen LogP contribution >= 0.6 is 0 Å². The zero-order valence-electron chi connectivity index (χ0n) is 19.9. The van der Waals surface area contributed by atoms with Gasteiger partial charge in [-0.3, -0.25) is 15.4 Å². The molecule has 0 aromatic carbocycles. The lowest BCUT2D eigenvalue weighted by Gasteiger charge is -2.30. The van der Waals surface area contributed by atoms with Gasteiger partial charge in [0.1, 0.15) is 11.5 Å². The summed E-state index contributed by atoms with van der Waals surface area (Å²) < 4.78 is 0. The Kier molecular flexibility index (Phi) is 9.27. The fraction of sp³-hybridized carbons (Fsp3) is 0.636. The number of nitrogens with one attached hydrogen (secondary N) is 2. The number of hydrazine groups is 1. The van der Waals surface area contributed by atoms with E-state index in [0.717, 1.165) is 40.8 Å². The van der Waals surface area contributed by atoms with Crippen LogP contribution in [0.4, 0.5) is 5.82 Å². The minimum Gasteiger partial charge on any atom is -0.387 e. The molecule has 1 rings (SSSR count). The summed E-state index contributed by atoms with van der Waals surface area (Å²) in [6.45, 7) is 21.5. The lowest BCUT2D eigenvalue weighted by molar-refractivity contribution is 0.491. The Morgan fingerprint density at radius 1 is 1.10 bits per heavy atom. The first-order valence-electron chi connectivity index (χ1n) is 10.4. The van der Waals surface area contributed by atoms with Crippen LogP contribution in [0.3, 0.4) is 0 Å². The highest BCUT2D eigenvalue weighted by Crippen LogP contribution is 2.31. The summed E-state index contributed by atoms with van der Waals surface area (Å²) in [7, 11) is 3.69. The summed E-state index contributed by atoms with van der Waals surface area (Å²) >= 11 is 0. The fourth-order valence-corrected chi connectivity index (χ4v) is 3.37. The molecule has 0 saturated carbocycles. The van der Waals surface area contributed by atoms with Crippen molar-refractivity contribution in [1.29, 1.82) is 0 Å². The van der Waals surface area contributed by atoms with Crippen LogP contribution in [-0.4, -0.2) is 48.2 Å². The molecule has 1 heterocycles. The average molecular weight is 402 g/mol. The lowest BCUT2D eigenvalue weighted by atomic mass is 9.95. The van der Waals surface area contributed by atoms with Crippen LogP contribution < -0.4 is 10.7 Å². The number of hydrogen-bond donors (Lipinski definition) is 2. The smallest absolute Gasteiger partial charge is 0.173 e. The van der Waals surface area contributed by atoms with Gasteiger partial charge in [-0.1, -0.05) is 41.5 Å². The molecule has 0 aliphatic heterocycles. The van der Waals surface area contributed by atoms with Crippen molar-refractivity contribution in [3.05, 3.63) is 28.5 Å². The van der Waals surface area contributed by atoms with E-state index in [1.165, 1.54) is 0 Å². The maximum atomic E-state index is 4.73. The highest BCUT2D eigenvalue weighted by molar-refractivity contribution is 6.01. The van der Waals surface area contributed by atoms with Crippen LogP contribution in [0.25, 0.3) is 0 Å². The number of amidine groups is 1. The Balaban J connectivity index is 3.61. The van der Waals surface area contributed by atoms with E-state index in [9.17, 15) is 0 Å². The monoisotopic (exact) mass is 401 g/mol. The Hall–Kier alpha value is -2.44. The number of aromatic nitrogens is 2. The van der Waals surface area contributed by atoms with E-state index in [1.54, 1.807) is 7.05 Å². The van der Waals surface area contributed by atoms with Crippen molar-refractivity contribution in [1.82, 2.24) is 20.3 Å². The molecule has 0 bridgehead atoms. The standard InChI is InChI=1S/C22H39N7/c1-12-25-19(15(6)7)20(22(23-9)24-10)29(11)28-21-17(13(2)3)18(14(4)5)26-16(8)27-21/h13-15,25H,9,12H2,1-8,10-11H3,(H,26,27,28). The molecule has 0 amide bonds. The molecule has 2 N–H and O–H groups in total. The second-order valence-corrected chi connectivity index (χ2v) is 8.05. The van der Waals surface area contributed by atoms with Gasteiger partial charge in [0.2, 0.25) is 0 Å². The summed E-state index contributed by atoms with van der Waals surface area (Å²) in [5, 5.41) is 5.41. The SMILES string of the molecule is C=NC(=NC)C(=C(NCC)C(C)C)N(C)Nc1nc(C)nc(C(C)C)c1C(C)C. The van der Waals surface area contributed by atoms with Crippen molar-refractivity contribution in [3.8, 4) is 0 Å². The summed E-state index contributed by atoms with van der Waals surface area (Å²) in [5.41, 5.74) is 7.61. The molecule has 7 nitrogen and oxygen atoms in total. The minimum atomic E-state index is 0.260. The first-order chi connectivity index (χ1) is 13.6. The largest absolute Gasteiger partial charge is 0.387 e. The third-order valence-corrected chi connectivity index (χ3v) is 4.59. The number of likely N-dealkylation sites (N-methyl/N-ethyl adjacent to an activating group) is 1. The van der Waals surface area contributed by atoms with E-state index in [0.29, 0.717) is 11.8 Å². The van der Waals surface area contributed by atoms with Gasteiger partial charge in [-0.2, -0.15) is 0 Å². The topological polar surface area (TPSA) is 77.8 Å². The summed E-state index contributed by atoms with van der Waals surface area (Å²) in [6.07, 6.45) is 0. The molecule has 0 fully saturated rings. The van der Waals surface area contributed by atoms with Crippen molar-refractivity contribution in [3.63, 3.8) is 0 Å². The molecule has 0 saturated heterocycles. The van der Waals surface area contributed by atoms with Crippen LogP contribution in [0.2, 0.25) is 0 Å². The van der Waals surface area contributed by atoms with Gasteiger partial charge in [0.05, 0.1) is 5.69 Å². The van der Waals surface area contributed by atoms with Crippen LogP contribution in [-0.2, 0) is 0 Å². The van der Waals surface area contributed by atoms with Gasteiger partial charge in [-0.05, 0) is 38.3 Å². The van der Waals surface area contributed by atoms with Crippen LogP contribution in [0.5, 0.6) is 0 Å². The maximum absolute atomic E-state index is 4.73. The van der Waals surface area contributed by atoms with Crippen molar-refractivity contribution in [2.75, 3.05) is 26.1 Å². The van der Waals surface area contributed by atoms with E-state index in [1.807, 2.05) is 19.0 Å². The number of rotatable bonds is 9. The number of hydrogen-bond acceptors (Lipinski definition) is 6. The zero-order chi connectivity index (χ0) is 22.3. The Morgan fingerprint density at radius 3 is 2.14 bits per heavy atom. The molecular weight excluding hydrogens is 362 g/mol. The maximum Gasteiger partial charge on any atom is 0.173 e. The molecular formula is C22H39N7. The highest BCUT2D eigenvalue weighted by Gasteiger charge is 2.23. The van der Waals surface area contributed by atoms with Gasteiger partial charge in [0, 0.05) is 31.9 Å². The van der Waals surface area contributed by atoms with E-state index in [-0.39, 0.29) is 11.8 Å². The predicted molar refractivity (Wildman–Crippen MR) is 125 cm³/mol. The second-order valence-electron chi connectivity index (χ2n) is 8.05. The third-order valence-electron chi connectivity index (χ3n) is 4.59. The van der Waals surface area contributed by atoms with Crippen LogP contribution in [0.1, 0.15) is 77.4 Å². The number of aliphatic imine (C=N–C) groups is 2. The molecule has 0 radical (unpaired) electrons. The lowest BCUT2D eigenvalue weighted by Crippen LogP contribution is -2.35.